The van der Waals surface area contributed by atoms with Gasteiger partial charge in [-0.25, -0.2) is 0 Å². The summed E-state index contributed by atoms with van der Waals surface area (Å²) >= 11 is 0. The third-order valence-electron chi connectivity index (χ3n) is 3.94. The van der Waals surface area contributed by atoms with Gasteiger partial charge in [0.05, 0.1) is 7.11 Å². The van der Waals surface area contributed by atoms with Crippen LogP contribution in [-0.4, -0.2) is 37.2 Å². The van der Waals surface area contributed by atoms with Crippen molar-refractivity contribution in [2.24, 2.45) is 0 Å². The fraction of sp³-hybridized carbons (Fsp3) is 0.533. The third kappa shape index (κ3) is 2.73. The number of hydrogen-bond donors (Lipinski definition) is 0. The summed E-state index contributed by atoms with van der Waals surface area (Å²) in [6.45, 7) is 2.82. The van der Waals surface area contributed by atoms with E-state index in [0.29, 0.717) is 6.42 Å². The number of fused-ring (bicyclic) bond motifs is 1. The molecule has 0 N–H and O–H groups in total. The molecule has 1 saturated heterocycles. The molecule has 0 bridgehead atoms. The maximum absolute atomic E-state index is 11.1. The van der Waals surface area contributed by atoms with Crippen molar-refractivity contribution >= 4 is 5.97 Å². The van der Waals surface area contributed by atoms with Gasteiger partial charge in [-0.2, -0.15) is 0 Å². The molecule has 4 nitrogen and oxygen atoms in total. The van der Waals surface area contributed by atoms with Crippen molar-refractivity contribution in [2.45, 2.75) is 31.9 Å². The van der Waals surface area contributed by atoms with Crippen molar-refractivity contribution in [3.8, 4) is 5.75 Å². The molecule has 0 radical (unpaired) electrons. The highest BCUT2D eigenvalue weighted by atomic mass is 16.5. The number of carbonyl (C=O) groups excluding carboxylic acids is 1. The minimum Gasteiger partial charge on any atom is -0.497 e. The number of esters is 1. The maximum atomic E-state index is 11.1. The molecule has 4 heteroatoms. The molecule has 2 heterocycles. The first-order valence-corrected chi connectivity index (χ1v) is 6.82. The highest BCUT2D eigenvalue weighted by Gasteiger charge is 2.27. The molecule has 2 aliphatic rings. The van der Waals surface area contributed by atoms with Crippen molar-refractivity contribution in [3.63, 3.8) is 0 Å². The molecule has 1 unspecified atom stereocenters. The molecule has 0 amide bonds. The summed E-state index contributed by atoms with van der Waals surface area (Å²) in [5.74, 6) is 0.879. The van der Waals surface area contributed by atoms with Gasteiger partial charge in [-0.15, -0.1) is 0 Å². The first kappa shape index (κ1) is 12.5. The van der Waals surface area contributed by atoms with Gasteiger partial charge < -0.3 is 9.47 Å². The summed E-state index contributed by atoms with van der Waals surface area (Å²) in [5, 5.41) is 0. The van der Waals surface area contributed by atoms with Gasteiger partial charge in [0, 0.05) is 26.1 Å². The molecule has 3 rings (SSSR count). The predicted molar refractivity (Wildman–Crippen MR) is 71.1 cm³/mol. The summed E-state index contributed by atoms with van der Waals surface area (Å²) in [6, 6.07) is 6.28. The fourth-order valence-electron chi connectivity index (χ4n) is 2.87. The van der Waals surface area contributed by atoms with Crippen LogP contribution in [-0.2, 0) is 22.5 Å². The Balaban J connectivity index is 1.64. The molecule has 2 aliphatic heterocycles. The van der Waals surface area contributed by atoms with Crippen LogP contribution >= 0.6 is 0 Å². The van der Waals surface area contributed by atoms with E-state index in [9.17, 15) is 4.79 Å². The summed E-state index contributed by atoms with van der Waals surface area (Å²) in [5.41, 5.74) is 2.73. The Morgan fingerprint density at radius 1 is 1.37 bits per heavy atom. The van der Waals surface area contributed by atoms with Crippen LogP contribution in [0.5, 0.6) is 5.75 Å². The van der Waals surface area contributed by atoms with Gasteiger partial charge in [0.2, 0.25) is 0 Å². The van der Waals surface area contributed by atoms with E-state index >= 15 is 0 Å². The summed E-state index contributed by atoms with van der Waals surface area (Å²) in [4.78, 5) is 13.5. The molecule has 1 fully saturated rings. The highest BCUT2D eigenvalue weighted by molar-refractivity contribution is 5.71. The Kier molecular flexibility index (Phi) is 3.42. The van der Waals surface area contributed by atoms with Crippen molar-refractivity contribution in [2.75, 3.05) is 20.2 Å². The van der Waals surface area contributed by atoms with E-state index < -0.39 is 0 Å². The van der Waals surface area contributed by atoms with E-state index in [0.717, 1.165) is 38.2 Å². The first-order valence-electron chi connectivity index (χ1n) is 6.82. The van der Waals surface area contributed by atoms with Crippen molar-refractivity contribution in [1.29, 1.82) is 0 Å². The molecule has 0 saturated carbocycles. The first-order chi connectivity index (χ1) is 9.24. The van der Waals surface area contributed by atoms with Crippen LogP contribution < -0.4 is 4.74 Å². The van der Waals surface area contributed by atoms with Gasteiger partial charge in [-0.3, -0.25) is 9.69 Å². The summed E-state index contributed by atoms with van der Waals surface area (Å²) in [6.07, 6.45) is 2.57. The fourth-order valence-corrected chi connectivity index (χ4v) is 2.87. The van der Waals surface area contributed by atoms with Crippen LogP contribution in [0, 0.1) is 0 Å². The molecule has 19 heavy (non-hydrogen) atoms. The number of methoxy groups -OCH3 is 1. The van der Waals surface area contributed by atoms with Gasteiger partial charge >= 0.3 is 5.97 Å². The Morgan fingerprint density at radius 3 is 3.00 bits per heavy atom. The van der Waals surface area contributed by atoms with E-state index in [2.05, 4.69) is 17.0 Å². The van der Waals surface area contributed by atoms with Gasteiger partial charge in [-0.1, -0.05) is 6.07 Å². The van der Waals surface area contributed by atoms with E-state index in [-0.39, 0.29) is 12.1 Å². The number of ether oxygens (including phenoxy) is 2. The number of cyclic esters (lactones) is 1. The Hall–Kier alpha value is -1.55. The second kappa shape index (κ2) is 5.21. The number of hydrogen-bond acceptors (Lipinski definition) is 4. The second-order valence-electron chi connectivity index (χ2n) is 5.27. The van der Waals surface area contributed by atoms with Gasteiger partial charge in [-0.05, 0) is 36.1 Å². The van der Waals surface area contributed by atoms with Crippen molar-refractivity contribution in [1.82, 2.24) is 4.90 Å². The number of benzene rings is 1. The molecule has 1 aromatic carbocycles. The molecule has 0 aromatic heterocycles. The predicted octanol–water partition coefficient (Wildman–Crippen LogP) is 1.76. The molecule has 1 aromatic rings. The normalized spacial score (nSPS) is 23.0. The van der Waals surface area contributed by atoms with Gasteiger partial charge in [0.1, 0.15) is 11.9 Å². The van der Waals surface area contributed by atoms with Crippen LogP contribution in [0.3, 0.4) is 0 Å². The monoisotopic (exact) mass is 261 g/mol. The second-order valence-corrected chi connectivity index (χ2v) is 5.27. The van der Waals surface area contributed by atoms with Crippen molar-refractivity contribution in [3.05, 3.63) is 29.3 Å². The van der Waals surface area contributed by atoms with Crippen LogP contribution in [0.25, 0.3) is 0 Å². The molecule has 0 aliphatic carbocycles. The Labute approximate surface area is 113 Å². The van der Waals surface area contributed by atoms with Crippen LogP contribution in [0.4, 0.5) is 0 Å². The molecule has 102 valence electrons. The number of nitrogens with zero attached hydrogens (tertiary/aromatic N) is 1. The summed E-state index contributed by atoms with van der Waals surface area (Å²) in [7, 11) is 1.70. The van der Waals surface area contributed by atoms with Crippen molar-refractivity contribution < 1.29 is 14.3 Å². The summed E-state index contributed by atoms with van der Waals surface area (Å²) < 4.78 is 10.5. The molecule has 0 spiro atoms. The lowest BCUT2D eigenvalue weighted by Crippen LogP contribution is -2.36. The van der Waals surface area contributed by atoms with E-state index in [1.807, 2.05) is 6.07 Å². The zero-order valence-electron chi connectivity index (χ0n) is 11.2. The minimum atomic E-state index is -0.0489. The molecular formula is C15H19NO3. The van der Waals surface area contributed by atoms with Gasteiger partial charge in [0.15, 0.2) is 0 Å². The smallest absolute Gasteiger partial charge is 0.306 e. The van der Waals surface area contributed by atoms with E-state index in [4.69, 9.17) is 9.47 Å². The van der Waals surface area contributed by atoms with Crippen LogP contribution in [0.2, 0.25) is 0 Å². The average molecular weight is 261 g/mol. The highest BCUT2D eigenvalue weighted by Crippen LogP contribution is 2.25. The topological polar surface area (TPSA) is 38.8 Å². The lowest BCUT2D eigenvalue weighted by molar-refractivity contribution is -0.142. The molecular weight excluding hydrogens is 242 g/mol. The number of carbonyl (C=O) groups is 1. The third-order valence-corrected chi connectivity index (χ3v) is 3.94. The zero-order valence-corrected chi connectivity index (χ0v) is 11.2. The van der Waals surface area contributed by atoms with Crippen LogP contribution in [0.15, 0.2) is 18.2 Å². The quantitative estimate of drug-likeness (QED) is 0.777. The number of rotatable bonds is 3. The standard InChI is InChI=1S/C15H19NO3/c1-18-13-3-2-12-9-16(7-6-11(12)8-13)10-14-4-5-15(17)19-14/h2-3,8,14H,4-7,9-10H2,1H3. The van der Waals surface area contributed by atoms with E-state index in [1.165, 1.54) is 11.1 Å². The lowest BCUT2D eigenvalue weighted by Gasteiger charge is -2.30. The maximum Gasteiger partial charge on any atom is 0.306 e. The average Bonchev–Trinajstić information content (AvgIpc) is 2.83. The Morgan fingerprint density at radius 2 is 2.26 bits per heavy atom. The molecule has 1 atom stereocenters. The van der Waals surface area contributed by atoms with E-state index in [1.54, 1.807) is 7.11 Å². The van der Waals surface area contributed by atoms with Gasteiger partial charge in [0.25, 0.3) is 0 Å². The zero-order chi connectivity index (χ0) is 13.2. The van der Waals surface area contributed by atoms with Crippen LogP contribution in [0.1, 0.15) is 24.0 Å². The Bertz CT molecular complexity index is 486. The minimum absolute atomic E-state index is 0.0489. The lowest BCUT2D eigenvalue weighted by atomic mass is 9.99. The largest absolute Gasteiger partial charge is 0.497 e. The SMILES string of the molecule is COc1ccc2c(c1)CCN(CC1CCC(=O)O1)C2.